The Morgan fingerprint density at radius 2 is 1.77 bits per heavy atom. The number of carbonyl (C=O) groups is 1. The molecule has 1 aliphatic carbocycles. The molecule has 0 unspecified atom stereocenters. The van der Waals surface area contributed by atoms with Crippen molar-refractivity contribution in [2.24, 2.45) is 0 Å². The van der Waals surface area contributed by atoms with Crippen LogP contribution in [-0.2, 0) is 0 Å². The number of aromatic nitrogens is 5. The number of rotatable bonds is 6. The van der Waals surface area contributed by atoms with Gasteiger partial charge in [0.2, 0.25) is 11.7 Å². The second-order valence-electron chi connectivity index (χ2n) is 8.61. The van der Waals surface area contributed by atoms with E-state index in [4.69, 9.17) is 9.05 Å². The summed E-state index contributed by atoms with van der Waals surface area (Å²) in [5.74, 6) is 2.15. The van der Waals surface area contributed by atoms with Crippen LogP contribution in [0.25, 0.3) is 28.4 Å². The summed E-state index contributed by atoms with van der Waals surface area (Å²) in [5, 5.41) is 15.3. The van der Waals surface area contributed by atoms with Gasteiger partial charge in [-0.2, -0.15) is 10.1 Å². The van der Waals surface area contributed by atoms with Gasteiger partial charge < -0.3 is 14.4 Å². The molecule has 0 atom stereocenters. The first-order chi connectivity index (χ1) is 17.1. The number of nitrogens with zero attached hydrogens (tertiary/aromatic N) is 5. The van der Waals surface area contributed by atoms with Crippen LogP contribution in [0.2, 0.25) is 0 Å². The Morgan fingerprint density at radius 1 is 1.00 bits per heavy atom. The van der Waals surface area contributed by atoms with Crippen molar-refractivity contribution in [2.45, 2.75) is 32.1 Å². The molecule has 6 rings (SSSR count). The van der Waals surface area contributed by atoms with Crippen LogP contribution < -0.4 is 5.32 Å². The van der Waals surface area contributed by atoms with Crippen LogP contribution in [0.5, 0.6) is 0 Å². The lowest BCUT2D eigenvalue weighted by atomic mass is 9.85. The highest BCUT2D eigenvalue weighted by atomic mass is 16.5. The van der Waals surface area contributed by atoms with Crippen LogP contribution in [0.15, 0.2) is 76.0 Å². The smallest absolute Gasteiger partial charge is 0.259 e. The van der Waals surface area contributed by atoms with Gasteiger partial charge in [0.25, 0.3) is 5.91 Å². The molecule has 9 nitrogen and oxygen atoms in total. The molecule has 5 aromatic rings. The first kappa shape index (κ1) is 21.0. The summed E-state index contributed by atoms with van der Waals surface area (Å²) >= 11 is 0. The molecule has 3 aromatic heterocycles. The van der Waals surface area contributed by atoms with Crippen molar-refractivity contribution in [3.05, 3.63) is 84.1 Å². The number of aryl methyl sites for hydroxylation is 1. The molecule has 0 bridgehead atoms. The molecule has 0 saturated heterocycles. The number of hydrogen-bond acceptors (Lipinski definition) is 7. The van der Waals surface area contributed by atoms with Gasteiger partial charge in [0, 0.05) is 35.0 Å². The van der Waals surface area contributed by atoms with Crippen LogP contribution in [0.1, 0.15) is 47.1 Å². The maximum Gasteiger partial charge on any atom is 0.259 e. The Kier molecular flexibility index (Phi) is 5.21. The van der Waals surface area contributed by atoms with E-state index in [2.05, 4.69) is 25.7 Å². The maximum absolute atomic E-state index is 12.9. The van der Waals surface area contributed by atoms with Gasteiger partial charge in [-0.1, -0.05) is 16.7 Å². The van der Waals surface area contributed by atoms with Gasteiger partial charge in [-0.15, -0.1) is 0 Å². The topological polar surface area (TPSA) is 112 Å². The van der Waals surface area contributed by atoms with Crippen molar-refractivity contribution in [1.29, 1.82) is 0 Å². The predicted octanol–water partition coefficient (Wildman–Crippen LogP) is 5.41. The normalized spacial score (nSPS) is 13.5. The molecular formula is C26H22N6O3. The summed E-state index contributed by atoms with van der Waals surface area (Å²) in [6.07, 6.45) is 6.77. The van der Waals surface area contributed by atoms with Crippen molar-refractivity contribution < 1.29 is 13.8 Å². The van der Waals surface area contributed by atoms with Crippen LogP contribution in [-0.4, -0.2) is 31.0 Å². The second-order valence-corrected chi connectivity index (χ2v) is 8.61. The lowest BCUT2D eigenvalue weighted by Crippen LogP contribution is -2.12. The molecule has 0 radical (unpaired) electrons. The first-order valence-corrected chi connectivity index (χ1v) is 11.5. The molecule has 1 amide bonds. The molecular weight excluding hydrogens is 444 g/mol. The molecule has 35 heavy (non-hydrogen) atoms. The van der Waals surface area contributed by atoms with Crippen molar-refractivity contribution in [2.75, 3.05) is 5.32 Å². The largest absolute Gasteiger partial charge is 0.356 e. The van der Waals surface area contributed by atoms with Gasteiger partial charge in [-0.05, 0) is 68.3 Å². The summed E-state index contributed by atoms with van der Waals surface area (Å²) < 4.78 is 12.3. The average Bonchev–Trinajstić information content (AvgIpc) is 3.60. The molecule has 2 aromatic carbocycles. The highest BCUT2D eigenvalue weighted by molar-refractivity contribution is 6.05. The minimum absolute atomic E-state index is 0.229. The molecule has 1 aliphatic rings. The van der Waals surface area contributed by atoms with Crippen molar-refractivity contribution in [1.82, 2.24) is 25.1 Å². The minimum Gasteiger partial charge on any atom is -0.356 e. The third-order valence-electron chi connectivity index (χ3n) is 6.29. The monoisotopic (exact) mass is 466 g/mol. The van der Waals surface area contributed by atoms with Gasteiger partial charge >= 0.3 is 0 Å². The fourth-order valence-corrected chi connectivity index (χ4v) is 4.03. The van der Waals surface area contributed by atoms with E-state index in [1.54, 1.807) is 23.1 Å². The van der Waals surface area contributed by atoms with E-state index >= 15 is 0 Å². The fourth-order valence-electron chi connectivity index (χ4n) is 4.03. The van der Waals surface area contributed by atoms with Crippen molar-refractivity contribution >= 4 is 11.6 Å². The number of benzene rings is 2. The molecule has 0 aliphatic heterocycles. The van der Waals surface area contributed by atoms with Crippen LogP contribution in [0, 0.1) is 6.92 Å². The zero-order chi connectivity index (χ0) is 23.8. The lowest BCUT2D eigenvalue weighted by Gasteiger charge is -2.20. The number of carbonyl (C=O) groups excluding carboxylic acids is 1. The summed E-state index contributed by atoms with van der Waals surface area (Å²) in [5.41, 5.74) is 4.39. The zero-order valence-corrected chi connectivity index (χ0v) is 19.0. The van der Waals surface area contributed by atoms with Crippen molar-refractivity contribution in [3.63, 3.8) is 0 Å². The Hall–Kier alpha value is -4.53. The van der Waals surface area contributed by atoms with Crippen LogP contribution in [0.4, 0.5) is 5.69 Å². The summed E-state index contributed by atoms with van der Waals surface area (Å²) in [4.78, 5) is 17.4. The number of anilines is 1. The first-order valence-electron chi connectivity index (χ1n) is 11.5. The Morgan fingerprint density at radius 3 is 2.46 bits per heavy atom. The fraction of sp³-hybridized carbons (Fsp3) is 0.192. The molecule has 1 saturated carbocycles. The summed E-state index contributed by atoms with van der Waals surface area (Å²) in [7, 11) is 0. The third-order valence-corrected chi connectivity index (χ3v) is 6.29. The molecule has 1 N–H and O–H groups in total. The van der Waals surface area contributed by atoms with E-state index in [0.29, 0.717) is 34.4 Å². The van der Waals surface area contributed by atoms with E-state index < -0.39 is 0 Å². The Bertz CT molecular complexity index is 1460. The second kappa shape index (κ2) is 8.68. The minimum atomic E-state index is -0.229. The summed E-state index contributed by atoms with van der Waals surface area (Å²) in [6, 6.07) is 16.9. The van der Waals surface area contributed by atoms with Gasteiger partial charge in [-0.25, -0.2) is 4.68 Å². The van der Waals surface area contributed by atoms with E-state index in [9.17, 15) is 4.79 Å². The molecule has 3 heterocycles. The molecule has 9 heteroatoms. The SMILES string of the molecule is Cc1nn(-c2ccc(-c3noc(C4CCC4)n3)cc2)cc1C(=O)Nc1ccc(-c2ccno2)cc1. The molecule has 1 fully saturated rings. The van der Waals surface area contributed by atoms with E-state index in [1.807, 2.05) is 55.5 Å². The lowest BCUT2D eigenvalue weighted by molar-refractivity contribution is 0.102. The number of nitrogens with one attached hydrogen (secondary N) is 1. The van der Waals surface area contributed by atoms with E-state index in [-0.39, 0.29) is 5.91 Å². The number of amides is 1. The molecule has 174 valence electrons. The predicted molar refractivity (Wildman–Crippen MR) is 128 cm³/mol. The highest BCUT2D eigenvalue weighted by Gasteiger charge is 2.25. The maximum atomic E-state index is 12.9. The van der Waals surface area contributed by atoms with Gasteiger partial charge in [0.15, 0.2) is 5.76 Å². The third kappa shape index (κ3) is 4.12. The number of hydrogen-bond donors (Lipinski definition) is 1. The highest BCUT2D eigenvalue weighted by Crippen LogP contribution is 2.36. The quantitative estimate of drug-likeness (QED) is 0.356. The standard InChI is InChI=1S/C26H22N6O3/c1-16-22(25(33)28-20-9-5-17(6-10-20)23-13-14-27-34-23)15-32(30-16)21-11-7-18(8-12-21)24-29-26(35-31-24)19-3-2-4-19/h5-15,19H,2-4H2,1H3,(H,28,33). The van der Waals surface area contributed by atoms with Gasteiger partial charge in [0.05, 0.1) is 23.1 Å². The Balaban J connectivity index is 1.16. The zero-order valence-electron chi connectivity index (χ0n) is 19.0. The van der Waals surface area contributed by atoms with Gasteiger partial charge in [0.1, 0.15) is 0 Å². The van der Waals surface area contributed by atoms with Crippen LogP contribution in [0.3, 0.4) is 0 Å². The van der Waals surface area contributed by atoms with E-state index in [0.717, 1.165) is 35.5 Å². The molecule has 0 spiro atoms. The summed E-state index contributed by atoms with van der Waals surface area (Å²) in [6.45, 7) is 1.81. The van der Waals surface area contributed by atoms with E-state index in [1.165, 1.54) is 6.42 Å². The average molecular weight is 467 g/mol. The van der Waals surface area contributed by atoms with Gasteiger partial charge in [-0.3, -0.25) is 4.79 Å². The van der Waals surface area contributed by atoms with Crippen molar-refractivity contribution in [3.8, 4) is 28.4 Å². The van der Waals surface area contributed by atoms with Crippen LogP contribution >= 0.6 is 0 Å². The Labute approximate surface area is 200 Å².